The van der Waals surface area contributed by atoms with Gasteiger partial charge in [-0.05, 0) is 36.4 Å². The van der Waals surface area contributed by atoms with Gasteiger partial charge in [0.2, 0.25) is 0 Å². The Balaban J connectivity index is 1.74. The van der Waals surface area contributed by atoms with E-state index in [0.717, 1.165) is 11.8 Å². The molecule has 23 heavy (non-hydrogen) atoms. The number of pyridine rings is 1. The van der Waals surface area contributed by atoms with Crippen molar-refractivity contribution in [3.63, 3.8) is 0 Å². The smallest absolute Gasteiger partial charge is 0.368 e. The van der Waals surface area contributed by atoms with E-state index in [2.05, 4.69) is 4.98 Å². The molecule has 0 aliphatic carbocycles. The van der Waals surface area contributed by atoms with E-state index < -0.39 is 11.7 Å². The normalized spacial score (nSPS) is 15.8. The molecule has 1 aliphatic heterocycles. The molecule has 1 aliphatic rings. The van der Waals surface area contributed by atoms with E-state index in [1.54, 1.807) is 17.0 Å². The fraction of sp³-hybridized carbons (Fsp3) is 0.312. The van der Waals surface area contributed by atoms with Crippen molar-refractivity contribution in [3.05, 3.63) is 54.0 Å². The van der Waals surface area contributed by atoms with Crippen LogP contribution in [0.3, 0.4) is 0 Å². The Morgan fingerprint density at radius 2 is 1.48 bits per heavy atom. The van der Waals surface area contributed by atoms with Crippen LogP contribution < -0.4 is 9.80 Å². The van der Waals surface area contributed by atoms with Crippen LogP contribution in [0, 0.1) is 5.82 Å². The molecule has 7 heteroatoms. The lowest BCUT2D eigenvalue weighted by Crippen LogP contribution is -2.47. The maximum atomic E-state index is 13.1. The van der Waals surface area contributed by atoms with E-state index >= 15 is 0 Å². The number of anilines is 2. The summed E-state index contributed by atoms with van der Waals surface area (Å²) in [6.07, 6.45) is -3.05. The summed E-state index contributed by atoms with van der Waals surface area (Å²) in [6.45, 7) is 1.97. The average Bonchev–Trinajstić information content (AvgIpc) is 2.55. The molecule has 2 heterocycles. The predicted octanol–water partition coefficient (Wildman–Crippen LogP) is 3.57. The van der Waals surface area contributed by atoms with Crippen LogP contribution in [0.4, 0.5) is 29.1 Å². The molecule has 0 spiro atoms. The molecule has 1 fully saturated rings. The Bertz CT molecular complexity index is 662. The number of rotatable bonds is 2. The third-order valence-electron chi connectivity index (χ3n) is 3.86. The SMILES string of the molecule is Fc1ccc(N2CCN(c3ncccc3C(F)(F)F)CC2)cc1. The predicted molar refractivity (Wildman–Crippen MR) is 80.1 cm³/mol. The minimum Gasteiger partial charge on any atom is -0.368 e. The molecule has 2 aromatic rings. The fourth-order valence-corrected chi connectivity index (χ4v) is 2.70. The van der Waals surface area contributed by atoms with Gasteiger partial charge in [-0.25, -0.2) is 9.37 Å². The molecule has 0 N–H and O–H groups in total. The fourth-order valence-electron chi connectivity index (χ4n) is 2.70. The van der Waals surface area contributed by atoms with Gasteiger partial charge in [0.05, 0.1) is 5.56 Å². The van der Waals surface area contributed by atoms with Crippen LogP contribution >= 0.6 is 0 Å². The third kappa shape index (κ3) is 3.38. The molecule has 0 atom stereocenters. The van der Waals surface area contributed by atoms with E-state index in [4.69, 9.17) is 0 Å². The van der Waals surface area contributed by atoms with Gasteiger partial charge in [-0.3, -0.25) is 0 Å². The van der Waals surface area contributed by atoms with Gasteiger partial charge in [-0.1, -0.05) is 0 Å². The van der Waals surface area contributed by atoms with Crippen molar-refractivity contribution in [2.45, 2.75) is 6.18 Å². The van der Waals surface area contributed by atoms with Crippen LogP contribution in [-0.2, 0) is 6.18 Å². The highest BCUT2D eigenvalue weighted by Gasteiger charge is 2.36. The van der Waals surface area contributed by atoms with Gasteiger partial charge in [0.15, 0.2) is 0 Å². The zero-order valence-corrected chi connectivity index (χ0v) is 12.2. The van der Waals surface area contributed by atoms with Gasteiger partial charge in [-0.2, -0.15) is 13.2 Å². The van der Waals surface area contributed by atoms with Gasteiger partial charge in [0.25, 0.3) is 0 Å². The summed E-state index contributed by atoms with van der Waals surface area (Å²) in [6, 6.07) is 8.44. The molecule has 1 aromatic carbocycles. The van der Waals surface area contributed by atoms with Gasteiger partial charge in [-0.15, -0.1) is 0 Å². The number of aromatic nitrogens is 1. The second kappa shape index (κ2) is 6.06. The van der Waals surface area contributed by atoms with Crippen LogP contribution in [0.25, 0.3) is 0 Å². The molecule has 3 rings (SSSR count). The molecule has 0 radical (unpaired) electrons. The lowest BCUT2D eigenvalue weighted by atomic mass is 10.2. The van der Waals surface area contributed by atoms with Crippen molar-refractivity contribution >= 4 is 11.5 Å². The highest BCUT2D eigenvalue weighted by molar-refractivity contribution is 5.52. The van der Waals surface area contributed by atoms with Crippen molar-refractivity contribution in [1.82, 2.24) is 4.98 Å². The van der Waals surface area contributed by atoms with Crippen LogP contribution in [0.15, 0.2) is 42.6 Å². The van der Waals surface area contributed by atoms with Crippen molar-refractivity contribution in [2.75, 3.05) is 36.0 Å². The second-order valence-electron chi connectivity index (χ2n) is 5.32. The quantitative estimate of drug-likeness (QED) is 0.787. The molecule has 1 saturated heterocycles. The van der Waals surface area contributed by atoms with Crippen molar-refractivity contribution < 1.29 is 17.6 Å². The third-order valence-corrected chi connectivity index (χ3v) is 3.86. The van der Waals surface area contributed by atoms with Crippen LogP contribution in [0.1, 0.15) is 5.56 Å². The van der Waals surface area contributed by atoms with Crippen molar-refractivity contribution in [3.8, 4) is 0 Å². The summed E-state index contributed by atoms with van der Waals surface area (Å²) in [5.74, 6) is -0.338. The van der Waals surface area contributed by atoms with Crippen molar-refractivity contribution in [2.24, 2.45) is 0 Å². The zero-order valence-electron chi connectivity index (χ0n) is 12.2. The Morgan fingerprint density at radius 1 is 0.870 bits per heavy atom. The van der Waals surface area contributed by atoms with E-state index in [1.165, 1.54) is 24.4 Å². The summed E-state index contributed by atoms with van der Waals surface area (Å²) in [5, 5.41) is 0. The lowest BCUT2D eigenvalue weighted by Gasteiger charge is -2.37. The Labute approximate surface area is 131 Å². The first-order chi connectivity index (χ1) is 10.9. The largest absolute Gasteiger partial charge is 0.419 e. The van der Waals surface area contributed by atoms with E-state index in [1.807, 2.05) is 4.90 Å². The number of alkyl halides is 3. The summed E-state index contributed by atoms with van der Waals surface area (Å²) < 4.78 is 52.2. The minimum atomic E-state index is -4.42. The summed E-state index contributed by atoms with van der Waals surface area (Å²) in [7, 11) is 0. The van der Waals surface area contributed by atoms with Crippen molar-refractivity contribution in [1.29, 1.82) is 0 Å². The maximum absolute atomic E-state index is 13.1. The standard InChI is InChI=1S/C16H15F4N3/c17-12-3-5-13(6-4-12)22-8-10-23(11-9-22)15-14(16(18,19)20)2-1-7-21-15/h1-7H,8-11H2. The van der Waals surface area contributed by atoms with Crippen LogP contribution in [0.2, 0.25) is 0 Å². The topological polar surface area (TPSA) is 19.4 Å². The maximum Gasteiger partial charge on any atom is 0.419 e. The highest BCUT2D eigenvalue weighted by atomic mass is 19.4. The molecular formula is C16H15F4N3. The molecule has 0 bridgehead atoms. The van der Waals surface area contributed by atoms with E-state index in [-0.39, 0.29) is 11.6 Å². The molecule has 3 nitrogen and oxygen atoms in total. The molecule has 1 aromatic heterocycles. The monoisotopic (exact) mass is 325 g/mol. The average molecular weight is 325 g/mol. The van der Waals surface area contributed by atoms with Gasteiger partial charge in [0.1, 0.15) is 11.6 Å². The summed E-state index contributed by atoms with van der Waals surface area (Å²) in [5.41, 5.74) is 0.151. The molecule has 0 amide bonds. The zero-order chi connectivity index (χ0) is 16.4. The number of hydrogen-bond donors (Lipinski definition) is 0. The van der Waals surface area contributed by atoms with E-state index in [0.29, 0.717) is 26.2 Å². The Morgan fingerprint density at radius 3 is 2.09 bits per heavy atom. The van der Waals surface area contributed by atoms with Gasteiger partial charge in [0, 0.05) is 38.1 Å². The molecule has 122 valence electrons. The molecule has 0 saturated carbocycles. The second-order valence-corrected chi connectivity index (χ2v) is 5.32. The first-order valence-electron chi connectivity index (χ1n) is 7.23. The number of nitrogens with zero attached hydrogens (tertiary/aromatic N) is 3. The number of benzene rings is 1. The Kier molecular flexibility index (Phi) is 4.11. The Hall–Kier alpha value is -2.31. The van der Waals surface area contributed by atoms with Gasteiger partial charge < -0.3 is 9.80 Å². The van der Waals surface area contributed by atoms with Crippen LogP contribution in [-0.4, -0.2) is 31.2 Å². The molecule has 0 unspecified atom stereocenters. The van der Waals surface area contributed by atoms with E-state index in [9.17, 15) is 17.6 Å². The number of halogens is 4. The molecular weight excluding hydrogens is 310 g/mol. The lowest BCUT2D eigenvalue weighted by molar-refractivity contribution is -0.137. The summed E-state index contributed by atoms with van der Waals surface area (Å²) in [4.78, 5) is 7.58. The number of hydrogen-bond acceptors (Lipinski definition) is 3. The number of piperazine rings is 1. The van der Waals surface area contributed by atoms with Gasteiger partial charge >= 0.3 is 6.18 Å². The van der Waals surface area contributed by atoms with Crippen LogP contribution in [0.5, 0.6) is 0 Å². The summed E-state index contributed by atoms with van der Waals surface area (Å²) >= 11 is 0. The minimum absolute atomic E-state index is 0.0289. The highest BCUT2D eigenvalue weighted by Crippen LogP contribution is 2.35. The first kappa shape index (κ1) is 15.6. The first-order valence-corrected chi connectivity index (χ1v) is 7.23.